The quantitative estimate of drug-likeness (QED) is 0.162. The van der Waals surface area contributed by atoms with E-state index in [2.05, 4.69) is 47.7 Å². The SMILES string of the molecule is CCN1CCCOc2cccc(c2)-c2cnc(NC3CCOc4cc(ccc4C)-c4cnc(N)c(n4)C(=O)Nc4cnccc4N3C)c(n2)C(=O)Nc2cnccc21. The molecule has 294 valence electrons. The molecule has 0 spiro atoms. The van der Waals surface area contributed by atoms with Crippen LogP contribution in [0.1, 0.15) is 46.3 Å². The Morgan fingerprint density at radius 2 is 1.53 bits per heavy atom. The van der Waals surface area contributed by atoms with Crippen molar-refractivity contribution in [3.63, 3.8) is 0 Å². The molecule has 2 amide bonds. The van der Waals surface area contributed by atoms with Crippen LogP contribution in [0.2, 0.25) is 0 Å². The van der Waals surface area contributed by atoms with Gasteiger partial charge in [-0.25, -0.2) is 19.9 Å². The average molecular weight is 779 g/mol. The number of hydrogen-bond acceptors (Lipinski definition) is 14. The standard InChI is InChI=1S/C42H42N12O4/c1-4-54-16-6-17-57-28-8-5-7-26(19-28)30-24-47-40(38(49-30)42(56)51-32-22-45-15-12-34(32)54)52-36-13-18-58-35-20-27(10-9-25(35)2)29-23-46-39(43)37(48-29)41(55)50-31-21-44-14-11-33(31)53(36)3/h5,7-12,14-15,19-24,36H,4,6,13,16-18H2,1-3H3,(H2,43,46)(H,47,52)(H,50,55)(H,51,56). The smallest absolute Gasteiger partial charge is 0.278 e. The Bertz CT molecular complexity index is 2500. The normalized spacial score (nSPS) is 15.7. The van der Waals surface area contributed by atoms with Gasteiger partial charge in [0.05, 0.1) is 72.1 Å². The van der Waals surface area contributed by atoms with Crippen LogP contribution in [0.4, 0.5) is 34.4 Å². The number of anilines is 6. The molecule has 2 aliphatic heterocycles. The van der Waals surface area contributed by atoms with Gasteiger partial charge in [-0.1, -0.05) is 24.3 Å². The first-order valence-corrected chi connectivity index (χ1v) is 19.0. The molecule has 5 N–H and O–H groups in total. The summed E-state index contributed by atoms with van der Waals surface area (Å²) in [6.45, 7) is 6.18. The summed E-state index contributed by atoms with van der Waals surface area (Å²) in [4.78, 5) is 59.6. The number of nitrogens with one attached hydrogen (secondary N) is 3. The maximum atomic E-state index is 14.5. The largest absolute Gasteiger partial charge is 0.494 e. The molecule has 1 atom stereocenters. The number of nitrogens with two attached hydrogens (primary N) is 1. The van der Waals surface area contributed by atoms with Crippen LogP contribution in [-0.2, 0) is 0 Å². The second kappa shape index (κ2) is 16.4. The van der Waals surface area contributed by atoms with E-state index in [0.29, 0.717) is 71.6 Å². The van der Waals surface area contributed by atoms with Gasteiger partial charge >= 0.3 is 0 Å². The van der Waals surface area contributed by atoms with E-state index in [1.165, 1.54) is 6.20 Å². The van der Waals surface area contributed by atoms with Crippen LogP contribution < -0.4 is 41.0 Å². The molecule has 6 heterocycles. The number of rotatable bonds is 3. The topological polar surface area (TPSA) is 199 Å². The van der Waals surface area contributed by atoms with Crippen molar-refractivity contribution < 1.29 is 19.1 Å². The highest BCUT2D eigenvalue weighted by molar-refractivity contribution is 6.08. The first-order chi connectivity index (χ1) is 28.2. The Labute approximate surface area is 334 Å². The summed E-state index contributed by atoms with van der Waals surface area (Å²) in [7, 11) is 1.86. The Balaban J connectivity index is 1.21. The van der Waals surface area contributed by atoms with Crippen molar-refractivity contribution in [1.29, 1.82) is 0 Å². The van der Waals surface area contributed by atoms with Crippen LogP contribution in [0.15, 0.2) is 91.8 Å². The van der Waals surface area contributed by atoms with Gasteiger partial charge in [-0.15, -0.1) is 0 Å². The Hall–Kier alpha value is -7.36. The first-order valence-electron chi connectivity index (χ1n) is 19.0. The lowest BCUT2D eigenvalue weighted by Crippen LogP contribution is -2.41. The number of amides is 2. The zero-order chi connectivity index (χ0) is 40.2. The Kier molecular flexibility index (Phi) is 10.6. The van der Waals surface area contributed by atoms with Crippen molar-refractivity contribution in [2.75, 3.05) is 64.8 Å². The van der Waals surface area contributed by atoms with Crippen molar-refractivity contribution in [3.8, 4) is 34.0 Å². The number of nitrogen functional groups attached to an aromatic ring is 1. The third-order valence-electron chi connectivity index (χ3n) is 10.1. The number of aryl methyl sites for hydroxylation is 1. The third-order valence-corrected chi connectivity index (χ3v) is 10.1. The number of benzene rings is 2. The van der Waals surface area contributed by atoms with Crippen LogP contribution in [0.5, 0.6) is 11.5 Å². The highest BCUT2D eigenvalue weighted by atomic mass is 16.5. The fourth-order valence-corrected chi connectivity index (χ4v) is 6.93. The summed E-state index contributed by atoms with van der Waals surface area (Å²) in [5.74, 6) is 0.492. The lowest BCUT2D eigenvalue weighted by Gasteiger charge is -2.33. The van der Waals surface area contributed by atoms with E-state index in [1.807, 2.05) is 67.4 Å². The van der Waals surface area contributed by atoms with Gasteiger partial charge in [0.1, 0.15) is 17.7 Å². The maximum absolute atomic E-state index is 14.5. The fraction of sp³-hybridized carbons (Fsp3) is 0.238. The molecule has 6 aromatic rings. The minimum Gasteiger partial charge on any atom is -0.494 e. The molecule has 8 rings (SSSR count). The molecule has 0 aliphatic carbocycles. The van der Waals surface area contributed by atoms with E-state index in [0.717, 1.165) is 23.2 Å². The van der Waals surface area contributed by atoms with Crippen molar-refractivity contribution in [2.24, 2.45) is 0 Å². The van der Waals surface area contributed by atoms with Gasteiger partial charge in [-0.05, 0) is 56.2 Å². The van der Waals surface area contributed by atoms with Gasteiger partial charge < -0.3 is 41.0 Å². The van der Waals surface area contributed by atoms with Gasteiger partial charge in [0.15, 0.2) is 23.0 Å². The summed E-state index contributed by atoms with van der Waals surface area (Å²) in [5, 5.41) is 9.51. The van der Waals surface area contributed by atoms with Crippen molar-refractivity contribution in [3.05, 3.63) is 109 Å². The number of aromatic nitrogens is 6. The molecule has 4 aromatic heterocycles. The van der Waals surface area contributed by atoms with Gasteiger partial charge in [0.25, 0.3) is 11.8 Å². The number of carbonyl (C=O) groups excluding carboxylic acids is 2. The highest BCUT2D eigenvalue weighted by Crippen LogP contribution is 2.33. The molecule has 0 saturated heterocycles. The van der Waals surface area contributed by atoms with Crippen molar-refractivity contribution in [2.45, 2.75) is 32.9 Å². The minimum absolute atomic E-state index is 0.0203. The van der Waals surface area contributed by atoms with Gasteiger partial charge in [-0.2, -0.15) is 0 Å². The number of hydrogen-bond donors (Lipinski definition) is 4. The lowest BCUT2D eigenvalue weighted by atomic mass is 10.1. The molecule has 2 aromatic carbocycles. The molecule has 16 nitrogen and oxygen atoms in total. The molecule has 0 fully saturated rings. The van der Waals surface area contributed by atoms with E-state index < -0.39 is 18.0 Å². The Morgan fingerprint density at radius 1 is 0.828 bits per heavy atom. The van der Waals surface area contributed by atoms with Crippen LogP contribution >= 0.6 is 0 Å². The summed E-state index contributed by atoms with van der Waals surface area (Å²) >= 11 is 0. The van der Waals surface area contributed by atoms with Gasteiger partial charge in [0.2, 0.25) is 0 Å². The van der Waals surface area contributed by atoms with Crippen LogP contribution in [0, 0.1) is 6.92 Å². The lowest BCUT2D eigenvalue weighted by molar-refractivity contribution is 0.101. The van der Waals surface area contributed by atoms with Crippen LogP contribution in [-0.4, -0.2) is 81.2 Å². The van der Waals surface area contributed by atoms with E-state index in [9.17, 15) is 9.59 Å². The molecular formula is C42H42N12O4. The van der Waals surface area contributed by atoms with Crippen LogP contribution in [0.3, 0.4) is 0 Å². The predicted molar refractivity (Wildman–Crippen MR) is 222 cm³/mol. The molecule has 0 saturated carbocycles. The molecular weight excluding hydrogens is 737 g/mol. The van der Waals surface area contributed by atoms with Gasteiger partial charge in [-0.3, -0.25) is 19.6 Å². The number of pyridine rings is 2. The average Bonchev–Trinajstić information content (AvgIpc) is 3.24. The molecule has 1 unspecified atom stereocenters. The predicted octanol–water partition coefficient (Wildman–Crippen LogP) is 6.05. The van der Waals surface area contributed by atoms with E-state index in [1.54, 1.807) is 37.1 Å². The highest BCUT2D eigenvalue weighted by Gasteiger charge is 2.26. The summed E-state index contributed by atoms with van der Waals surface area (Å²) < 4.78 is 12.6. The number of nitrogens with zero attached hydrogens (tertiary/aromatic N) is 8. The number of carbonyl (C=O) groups is 2. The first kappa shape index (κ1) is 37.6. The molecule has 8 bridgehead atoms. The monoisotopic (exact) mass is 778 g/mol. The molecule has 2 aliphatic rings. The Morgan fingerprint density at radius 3 is 2.33 bits per heavy atom. The fourth-order valence-electron chi connectivity index (χ4n) is 6.93. The maximum Gasteiger partial charge on any atom is 0.278 e. The second-order valence-corrected chi connectivity index (χ2v) is 13.8. The summed E-state index contributed by atoms with van der Waals surface area (Å²) in [6, 6.07) is 16.9. The van der Waals surface area contributed by atoms with Crippen molar-refractivity contribution >= 4 is 46.2 Å². The third kappa shape index (κ3) is 7.84. The van der Waals surface area contributed by atoms with Crippen molar-refractivity contribution in [1.82, 2.24) is 29.9 Å². The molecule has 16 heteroatoms. The van der Waals surface area contributed by atoms with Gasteiger partial charge in [0, 0.05) is 50.1 Å². The molecule has 58 heavy (non-hydrogen) atoms. The zero-order valence-electron chi connectivity index (χ0n) is 32.3. The van der Waals surface area contributed by atoms with E-state index >= 15 is 0 Å². The van der Waals surface area contributed by atoms with E-state index in [4.69, 9.17) is 25.2 Å². The van der Waals surface area contributed by atoms with Crippen LogP contribution in [0.25, 0.3) is 22.5 Å². The number of fused-ring (bicyclic) bond motifs is 12. The number of ether oxygens (including phenoxy) is 2. The second-order valence-electron chi connectivity index (χ2n) is 13.8. The van der Waals surface area contributed by atoms with E-state index in [-0.39, 0.29) is 29.6 Å². The molecule has 0 radical (unpaired) electrons. The summed E-state index contributed by atoms with van der Waals surface area (Å²) in [6.07, 6.45) is 10.2. The zero-order valence-corrected chi connectivity index (χ0v) is 32.3. The summed E-state index contributed by atoms with van der Waals surface area (Å²) in [5.41, 5.74) is 11.9. The minimum atomic E-state index is -0.570.